The van der Waals surface area contributed by atoms with Crippen LogP contribution in [0.1, 0.15) is 40.2 Å². The van der Waals surface area contributed by atoms with E-state index in [9.17, 15) is 4.79 Å². The van der Waals surface area contributed by atoms with Crippen molar-refractivity contribution < 1.29 is 9.53 Å². The summed E-state index contributed by atoms with van der Waals surface area (Å²) in [4.78, 5) is 11.6. The van der Waals surface area contributed by atoms with Crippen LogP contribution in [-0.2, 0) is 9.53 Å². The summed E-state index contributed by atoms with van der Waals surface area (Å²) >= 11 is 0. The number of hydrogen-bond acceptors (Lipinski definition) is 3. The van der Waals surface area contributed by atoms with E-state index in [1.165, 1.54) is 0 Å². The Morgan fingerprint density at radius 1 is 1.25 bits per heavy atom. The van der Waals surface area contributed by atoms with Crippen LogP contribution in [-0.4, -0.2) is 18.6 Å². The van der Waals surface area contributed by atoms with Gasteiger partial charge in [0.15, 0.2) is 0 Å². The molecule has 0 aliphatic carbocycles. The summed E-state index contributed by atoms with van der Waals surface area (Å²) in [7, 11) is 0. The smallest absolute Gasteiger partial charge is 0.311 e. The van der Waals surface area contributed by atoms with Gasteiger partial charge in [-0.05, 0) is 58.4 Å². The van der Waals surface area contributed by atoms with Gasteiger partial charge in [0.1, 0.15) is 6.61 Å². The molecule has 0 aliphatic heterocycles. The van der Waals surface area contributed by atoms with Gasteiger partial charge in [-0.25, -0.2) is 0 Å². The highest BCUT2D eigenvalue weighted by molar-refractivity contribution is 5.75. The zero-order valence-electron chi connectivity index (χ0n) is 13.1. The Labute approximate surface area is 122 Å². The Morgan fingerprint density at radius 3 is 2.35 bits per heavy atom. The van der Waals surface area contributed by atoms with Crippen molar-refractivity contribution in [2.24, 2.45) is 5.41 Å². The number of nitrogens with one attached hydrogen (secondary N) is 1. The van der Waals surface area contributed by atoms with E-state index in [2.05, 4.69) is 19.2 Å². The summed E-state index contributed by atoms with van der Waals surface area (Å²) < 4.78 is 5.17. The number of anilines is 1. The second-order valence-electron chi connectivity index (χ2n) is 6.17. The summed E-state index contributed by atoms with van der Waals surface area (Å²) in [6.45, 7) is 10.1. The van der Waals surface area contributed by atoms with Crippen LogP contribution >= 0.6 is 0 Å². The fourth-order valence-electron chi connectivity index (χ4n) is 1.55. The third-order valence-corrected chi connectivity index (χ3v) is 2.60. The molecule has 3 heteroatoms. The molecule has 0 amide bonds. The molecule has 0 spiro atoms. The van der Waals surface area contributed by atoms with Crippen LogP contribution < -0.4 is 5.32 Å². The molecule has 0 saturated carbocycles. The van der Waals surface area contributed by atoms with Gasteiger partial charge in [0.25, 0.3) is 0 Å². The lowest BCUT2D eigenvalue weighted by Gasteiger charge is -2.15. The van der Waals surface area contributed by atoms with E-state index in [0.717, 1.165) is 11.3 Å². The minimum atomic E-state index is -0.446. The average molecular weight is 275 g/mol. The van der Waals surface area contributed by atoms with Crippen LogP contribution in [0.3, 0.4) is 0 Å². The summed E-state index contributed by atoms with van der Waals surface area (Å²) in [6, 6.07) is 8.58. The Hall–Kier alpha value is -1.77. The Balaban J connectivity index is 2.45. The number of ether oxygens (including phenoxy) is 1. The van der Waals surface area contributed by atoms with Crippen molar-refractivity contribution in [2.45, 2.75) is 40.7 Å². The lowest BCUT2D eigenvalue weighted by molar-refractivity contribution is -0.151. The third-order valence-electron chi connectivity index (χ3n) is 2.60. The van der Waals surface area contributed by atoms with Gasteiger partial charge in [0.05, 0.1) is 5.41 Å². The highest BCUT2D eigenvalue weighted by Gasteiger charge is 2.22. The maximum atomic E-state index is 11.6. The van der Waals surface area contributed by atoms with E-state index < -0.39 is 5.41 Å². The minimum Gasteiger partial charge on any atom is -0.461 e. The molecular weight excluding hydrogens is 250 g/mol. The molecule has 3 nitrogen and oxygen atoms in total. The monoisotopic (exact) mass is 275 g/mol. The lowest BCUT2D eigenvalue weighted by atomic mass is 9.97. The fraction of sp³-hybridized carbons (Fsp3) is 0.471. The van der Waals surface area contributed by atoms with E-state index in [4.69, 9.17) is 4.74 Å². The van der Waals surface area contributed by atoms with Gasteiger partial charge in [-0.3, -0.25) is 4.79 Å². The Bertz CT molecular complexity index is 453. The van der Waals surface area contributed by atoms with Crippen molar-refractivity contribution in [1.82, 2.24) is 0 Å². The van der Waals surface area contributed by atoms with Crippen LogP contribution in [0, 0.1) is 5.41 Å². The highest BCUT2D eigenvalue weighted by atomic mass is 16.5. The second kappa shape index (κ2) is 7.13. The average Bonchev–Trinajstić information content (AvgIpc) is 2.34. The van der Waals surface area contributed by atoms with Crippen molar-refractivity contribution >= 4 is 17.7 Å². The van der Waals surface area contributed by atoms with Gasteiger partial charge < -0.3 is 10.1 Å². The normalized spacial score (nSPS) is 11.9. The standard InChI is InChI=1S/C17H25NO2/c1-13(2)18-15-10-8-14(9-11-15)7-6-12-20-16(19)17(3,4)5/h6-11,13,18H,12H2,1-5H3/b7-6+. The molecule has 1 rings (SSSR count). The molecule has 0 bridgehead atoms. The van der Waals surface area contributed by atoms with Gasteiger partial charge in [-0.1, -0.05) is 18.2 Å². The lowest BCUT2D eigenvalue weighted by Crippen LogP contribution is -2.22. The van der Waals surface area contributed by atoms with Crippen molar-refractivity contribution in [3.05, 3.63) is 35.9 Å². The molecule has 0 aliphatic rings. The SMILES string of the molecule is CC(C)Nc1ccc(/C=C/COC(=O)C(C)(C)C)cc1. The van der Waals surface area contributed by atoms with Crippen molar-refractivity contribution in [3.8, 4) is 0 Å². The largest absolute Gasteiger partial charge is 0.461 e. The van der Waals surface area contributed by atoms with Crippen molar-refractivity contribution in [3.63, 3.8) is 0 Å². The molecule has 0 saturated heterocycles. The van der Waals surface area contributed by atoms with Gasteiger partial charge in [0, 0.05) is 11.7 Å². The predicted octanol–water partition coefficient (Wildman–Crippen LogP) is 4.11. The van der Waals surface area contributed by atoms with Gasteiger partial charge in [-0.2, -0.15) is 0 Å². The van der Waals surface area contributed by atoms with E-state index in [0.29, 0.717) is 12.6 Å². The van der Waals surface area contributed by atoms with E-state index in [-0.39, 0.29) is 5.97 Å². The van der Waals surface area contributed by atoms with Crippen molar-refractivity contribution in [1.29, 1.82) is 0 Å². The summed E-state index contributed by atoms with van der Waals surface area (Å²) in [5.74, 6) is -0.182. The molecule has 1 N–H and O–H groups in total. The Morgan fingerprint density at radius 2 is 1.85 bits per heavy atom. The molecule has 0 radical (unpaired) electrons. The quantitative estimate of drug-likeness (QED) is 0.822. The van der Waals surface area contributed by atoms with E-state index in [1.807, 2.05) is 57.2 Å². The van der Waals surface area contributed by atoms with Crippen LogP contribution in [0.25, 0.3) is 6.08 Å². The van der Waals surface area contributed by atoms with Crippen LogP contribution in [0.4, 0.5) is 5.69 Å². The maximum Gasteiger partial charge on any atom is 0.311 e. The molecule has 0 fully saturated rings. The number of rotatable bonds is 5. The molecule has 0 unspecified atom stereocenters. The van der Waals surface area contributed by atoms with Crippen LogP contribution in [0.15, 0.2) is 30.3 Å². The number of hydrogen-bond donors (Lipinski definition) is 1. The van der Waals surface area contributed by atoms with Crippen LogP contribution in [0.2, 0.25) is 0 Å². The number of esters is 1. The highest BCUT2D eigenvalue weighted by Crippen LogP contribution is 2.15. The molecule has 0 atom stereocenters. The van der Waals surface area contributed by atoms with Gasteiger partial charge >= 0.3 is 5.97 Å². The van der Waals surface area contributed by atoms with Gasteiger partial charge in [-0.15, -0.1) is 0 Å². The first-order chi connectivity index (χ1) is 9.29. The molecule has 20 heavy (non-hydrogen) atoms. The third kappa shape index (κ3) is 5.91. The zero-order chi connectivity index (χ0) is 15.2. The minimum absolute atomic E-state index is 0.182. The first kappa shape index (κ1) is 16.3. The molecule has 1 aromatic rings. The maximum absolute atomic E-state index is 11.6. The summed E-state index contributed by atoms with van der Waals surface area (Å²) in [5, 5.41) is 3.34. The first-order valence-electron chi connectivity index (χ1n) is 6.99. The van der Waals surface area contributed by atoms with Crippen LogP contribution in [0.5, 0.6) is 0 Å². The summed E-state index contributed by atoms with van der Waals surface area (Å²) in [6.07, 6.45) is 3.81. The molecule has 0 aromatic heterocycles. The number of carbonyl (C=O) groups is 1. The molecule has 0 heterocycles. The zero-order valence-corrected chi connectivity index (χ0v) is 13.1. The Kier molecular flexibility index (Phi) is 5.81. The summed E-state index contributed by atoms with van der Waals surface area (Å²) in [5.41, 5.74) is 1.75. The predicted molar refractivity (Wildman–Crippen MR) is 84.6 cm³/mol. The fourth-order valence-corrected chi connectivity index (χ4v) is 1.55. The van der Waals surface area contributed by atoms with E-state index in [1.54, 1.807) is 0 Å². The van der Waals surface area contributed by atoms with E-state index >= 15 is 0 Å². The topological polar surface area (TPSA) is 38.3 Å². The molecule has 1 aromatic carbocycles. The molecular formula is C17H25NO2. The number of benzene rings is 1. The number of carbonyl (C=O) groups excluding carboxylic acids is 1. The second-order valence-corrected chi connectivity index (χ2v) is 6.17. The van der Waals surface area contributed by atoms with Crippen molar-refractivity contribution in [2.75, 3.05) is 11.9 Å². The first-order valence-corrected chi connectivity index (χ1v) is 6.99. The van der Waals surface area contributed by atoms with Gasteiger partial charge in [0.2, 0.25) is 0 Å². The molecule has 110 valence electrons.